The Morgan fingerprint density at radius 1 is 1.11 bits per heavy atom. The molecule has 0 amide bonds. The smallest absolute Gasteiger partial charge is 0.250 e. The molecule has 0 heterocycles. The zero-order valence-corrected chi connectivity index (χ0v) is 16.3. The van der Waals surface area contributed by atoms with Crippen molar-refractivity contribution < 1.29 is 9.22 Å². The number of carbonyl (C=O) groups is 1. The van der Waals surface area contributed by atoms with Gasteiger partial charge in [0.05, 0.1) is 12.2 Å². The predicted octanol–water partition coefficient (Wildman–Crippen LogP) is 5.21. The maximum atomic E-state index is 11.4. The van der Waals surface area contributed by atoms with Crippen molar-refractivity contribution in [3.8, 4) is 0 Å². The van der Waals surface area contributed by atoms with Crippen LogP contribution in [-0.4, -0.2) is 22.2 Å². The molecule has 0 bridgehead atoms. The number of rotatable bonds is 6. The quantitative estimate of drug-likeness (QED) is 0.497. The molecule has 2 nitrogen and oxygen atoms in total. The van der Waals surface area contributed by atoms with Crippen molar-refractivity contribution in [1.29, 1.82) is 0 Å². The van der Waals surface area contributed by atoms with Crippen LogP contribution >= 0.6 is 0 Å². The summed E-state index contributed by atoms with van der Waals surface area (Å²) in [5.74, 6) is 1.09. The molecule has 0 aliphatic rings. The molecule has 4 heteroatoms. The summed E-state index contributed by atoms with van der Waals surface area (Å²) in [6, 6.07) is 1.07. The molecule has 0 aliphatic heterocycles. The van der Waals surface area contributed by atoms with Crippen molar-refractivity contribution in [1.82, 2.24) is 0 Å². The normalized spacial score (nSPS) is 14.5. The molecule has 0 aromatic carbocycles. The Morgan fingerprint density at radius 2 is 1.58 bits per heavy atom. The molecule has 0 N–H and O–H groups in total. The number of carbonyl (C=O) groups excluding carboxylic acids is 1. The lowest BCUT2D eigenvalue weighted by Crippen LogP contribution is -2.40. The highest BCUT2D eigenvalue weighted by atomic mass is 28.4. The fourth-order valence-electron chi connectivity index (χ4n) is 1.30. The minimum atomic E-state index is -1.84. The minimum absolute atomic E-state index is 0.169. The van der Waals surface area contributed by atoms with E-state index in [0.29, 0.717) is 6.42 Å². The summed E-state index contributed by atoms with van der Waals surface area (Å²) in [7, 11) is -2.98. The van der Waals surface area contributed by atoms with Crippen LogP contribution < -0.4 is 0 Å². The van der Waals surface area contributed by atoms with E-state index in [1.54, 1.807) is 6.92 Å². The van der Waals surface area contributed by atoms with Gasteiger partial charge in [0.15, 0.2) is 0 Å². The van der Waals surface area contributed by atoms with Crippen LogP contribution in [0.25, 0.3) is 0 Å². The third-order valence-electron chi connectivity index (χ3n) is 3.56. The van der Waals surface area contributed by atoms with E-state index in [0.717, 1.165) is 11.8 Å². The van der Waals surface area contributed by atoms with E-state index in [1.165, 1.54) is 0 Å². The third-order valence-corrected chi connectivity index (χ3v) is 9.37. The van der Waals surface area contributed by atoms with Gasteiger partial charge in [-0.05, 0) is 31.1 Å². The fourth-order valence-corrected chi connectivity index (χ4v) is 3.25. The Kier molecular flexibility index (Phi) is 6.28. The second-order valence-corrected chi connectivity index (χ2v) is 18.4. The van der Waals surface area contributed by atoms with E-state index in [9.17, 15) is 4.79 Å². The van der Waals surface area contributed by atoms with Crippen molar-refractivity contribution in [2.75, 3.05) is 0 Å². The number of Topliss-reactive ketones (excluding diaryl/α,β-unsaturated/α-hetero) is 1. The fraction of sp³-hybridized carbons (Fsp3) is 0.800. The first-order chi connectivity index (χ1) is 8.24. The molecule has 0 unspecified atom stereocenters. The van der Waals surface area contributed by atoms with E-state index < -0.39 is 16.4 Å². The number of allylic oxidation sites excluding steroid dienone is 2. The molecule has 0 rings (SSSR count). The summed E-state index contributed by atoms with van der Waals surface area (Å²) in [5.41, 5.74) is 0. The van der Waals surface area contributed by atoms with Crippen LogP contribution in [0.5, 0.6) is 0 Å². The monoisotopic (exact) mass is 300 g/mol. The lowest BCUT2D eigenvalue weighted by atomic mass is 10.2. The van der Waals surface area contributed by atoms with Gasteiger partial charge in [0, 0.05) is 8.07 Å². The summed E-state index contributed by atoms with van der Waals surface area (Å²) < 4.78 is 6.31. The Morgan fingerprint density at radius 3 is 1.89 bits per heavy atom. The van der Waals surface area contributed by atoms with Gasteiger partial charge in [0.25, 0.3) is 0 Å². The van der Waals surface area contributed by atoms with Crippen molar-refractivity contribution in [3.05, 3.63) is 11.8 Å². The van der Waals surface area contributed by atoms with Crippen molar-refractivity contribution >= 4 is 22.2 Å². The first kappa shape index (κ1) is 18.6. The van der Waals surface area contributed by atoms with Gasteiger partial charge < -0.3 is 4.43 Å². The lowest BCUT2D eigenvalue weighted by molar-refractivity contribution is -0.116. The number of hydrogen-bond acceptors (Lipinski definition) is 2. The first-order valence-corrected chi connectivity index (χ1v) is 13.7. The van der Waals surface area contributed by atoms with Gasteiger partial charge >= 0.3 is 0 Å². The Labute approximate surface area is 121 Å². The summed E-state index contributed by atoms with van der Waals surface area (Å²) in [6.45, 7) is 19.8. The van der Waals surface area contributed by atoms with Gasteiger partial charge in [-0.1, -0.05) is 46.5 Å². The Balaban J connectivity index is 5.03. The van der Waals surface area contributed by atoms with Crippen LogP contribution in [0.4, 0.5) is 0 Å². The highest BCUT2D eigenvalue weighted by molar-refractivity contribution is 6.76. The third kappa shape index (κ3) is 7.72. The summed E-state index contributed by atoms with van der Waals surface area (Å²) >= 11 is 0. The molecule has 19 heavy (non-hydrogen) atoms. The van der Waals surface area contributed by atoms with Crippen molar-refractivity contribution in [2.45, 2.75) is 77.9 Å². The van der Waals surface area contributed by atoms with E-state index in [-0.39, 0.29) is 10.8 Å². The second kappa shape index (κ2) is 6.40. The van der Waals surface area contributed by atoms with Crippen molar-refractivity contribution in [2.24, 2.45) is 0 Å². The Hall–Kier alpha value is -0.356. The molecule has 0 aromatic heterocycles. The van der Waals surface area contributed by atoms with Crippen LogP contribution in [0.2, 0.25) is 43.8 Å². The molecule has 0 radical (unpaired) electrons. The van der Waals surface area contributed by atoms with Gasteiger partial charge in [-0.3, -0.25) is 4.79 Å². The van der Waals surface area contributed by atoms with Crippen LogP contribution in [0.15, 0.2) is 11.8 Å². The zero-order valence-electron chi connectivity index (χ0n) is 14.3. The van der Waals surface area contributed by atoms with Crippen LogP contribution in [0.3, 0.4) is 0 Å². The average Bonchev–Trinajstić information content (AvgIpc) is 2.09. The SMILES string of the molecule is CC(=O)C/C(=C/C[Si](C)(C)C)O[Si](C)(C)C(C)(C)C. The average molecular weight is 301 g/mol. The maximum absolute atomic E-state index is 11.4. The maximum Gasteiger partial charge on any atom is 0.250 e. The van der Waals surface area contributed by atoms with Crippen LogP contribution in [0.1, 0.15) is 34.1 Å². The largest absolute Gasteiger partial charge is 0.546 e. The molecule has 0 aromatic rings. The van der Waals surface area contributed by atoms with Crippen LogP contribution in [-0.2, 0) is 9.22 Å². The van der Waals surface area contributed by atoms with E-state index in [2.05, 4.69) is 59.6 Å². The van der Waals surface area contributed by atoms with E-state index in [1.807, 2.05) is 0 Å². The predicted molar refractivity (Wildman–Crippen MR) is 89.8 cm³/mol. The van der Waals surface area contributed by atoms with E-state index >= 15 is 0 Å². The summed E-state index contributed by atoms with van der Waals surface area (Å²) in [6.07, 6.45) is 2.62. The molecule has 112 valence electrons. The molecule has 0 spiro atoms. The molecule has 0 aliphatic carbocycles. The molecular formula is C15H32O2Si2. The number of ketones is 1. The molecule has 0 atom stereocenters. The molecule has 0 saturated carbocycles. The van der Waals surface area contributed by atoms with E-state index in [4.69, 9.17) is 4.43 Å². The molecule has 0 fully saturated rings. The summed E-state index contributed by atoms with van der Waals surface area (Å²) in [4.78, 5) is 11.4. The Bertz CT molecular complexity index is 344. The zero-order chi connectivity index (χ0) is 15.5. The molecular weight excluding hydrogens is 268 g/mol. The molecule has 0 saturated heterocycles. The van der Waals surface area contributed by atoms with Crippen molar-refractivity contribution in [3.63, 3.8) is 0 Å². The topological polar surface area (TPSA) is 26.3 Å². The first-order valence-electron chi connectivity index (χ1n) is 7.12. The van der Waals surface area contributed by atoms with Gasteiger partial charge in [-0.25, -0.2) is 0 Å². The highest BCUT2D eigenvalue weighted by Gasteiger charge is 2.39. The van der Waals surface area contributed by atoms with Gasteiger partial charge in [0.2, 0.25) is 8.32 Å². The minimum Gasteiger partial charge on any atom is -0.546 e. The van der Waals surface area contributed by atoms with Gasteiger partial charge in [-0.2, -0.15) is 0 Å². The summed E-state index contributed by atoms with van der Waals surface area (Å²) in [5, 5.41) is 0.169. The lowest BCUT2D eigenvalue weighted by Gasteiger charge is -2.37. The van der Waals surface area contributed by atoms with Gasteiger partial charge in [0.1, 0.15) is 5.78 Å². The standard InChI is InChI=1S/C15H32O2Si2/c1-13(16)12-14(10-11-18(5,6)7)17-19(8,9)15(2,3)4/h10H,11-12H2,1-9H3/b14-10-. The van der Waals surface area contributed by atoms with Crippen LogP contribution in [0, 0.1) is 0 Å². The second-order valence-electron chi connectivity index (χ2n) is 8.18. The van der Waals surface area contributed by atoms with Gasteiger partial charge in [-0.15, -0.1) is 0 Å². The highest BCUT2D eigenvalue weighted by Crippen LogP contribution is 2.38. The number of hydrogen-bond donors (Lipinski definition) is 0.